The number of anilines is 2. The molecule has 0 unspecified atom stereocenters. The normalized spacial score (nSPS) is 10.5. The second-order valence-corrected chi connectivity index (χ2v) is 5.33. The van der Waals surface area contributed by atoms with Gasteiger partial charge in [0.15, 0.2) is 0 Å². The van der Waals surface area contributed by atoms with Gasteiger partial charge in [0.05, 0.1) is 13.5 Å². The summed E-state index contributed by atoms with van der Waals surface area (Å²) in [5.41, 5.74) is 12.8. The zero-order chi connectivity index (χ0) is 18.9. The van der Waals surface area contributed by atoms with E-state index in [1.165, 1.54) is 18.2 Å². The molecule has 2 aromatic rings. The van der Waals surface area contributed by atoms with Crippen molar-refractivity contribution in [1.82, 2.24) is 0 Å². The molecule has 0 aromatic heterocycles. The summed E-state index contributed by atoms with van der Waals surface area (Å²) in [6.07, 6.45) is 2.80. The zero-order valence-electron chi connectivity index (χ0n) is 14.3. The van der Waals surface area contributed by atoms with Gasteiger partial charge in [0.25, 0.3) is 0 Å². The summed E-state index contributed by atoms with van der Waals surface area (Å²) in [6, 6.07) is 11.7. The molecule has 0 spiro atoms. The topological polar surface area (TPSA) is 114 Å². The lowest BCUT2D eigenvalue weighted by Gasteiger charge is -2.06. The number of nitrogen functional groups attached to an aromatic ring is 2. The standard InChI is InChI=1S/C19H20N2O5/c1-24-16-5-2-13(3-6-16)4-7-18(22)25-9-8-19(23)26-17-11-14(20)10-15(21)12-17/h2-7,10-12H,8-9,20-21H2,1H3/b7-4+. The number of benzene rings is 2. The van der Waals surface area contributed by atoms with Crippen molar-refractivity contribution in [3.8, 4) is 11.5 Å². The Kier molecular flexibility index (Phi) is 6.61. The third kappa shape index (κ3) is 6.20. The second kappa shape index (κ2) is 9.12. The van der Waals surface area contributed by atoms with Gasteiger partial charge in [0.1, 0.15) is 18.1 Å². The number of carbonyl (C=O) groups excluding carboxylic acids is 2. The average molecular weight is 356 g/mol. The van der Waals surface area contributed by atoms with Crippen LogP contribution in [0.4, 0.5) is 11.4 Å². The van der Waals surface area contributed by atoms with Crippen LogP contribution < -0.4 is 20.9 Å². The molecule has 0 heterocycles. The highest BCUT2D eigenvalue weighted by molar-refractivity contribution is 5.87. The molecule has 136 valence electrons. The third-order valence-electron chi connectivity index (χ3n) is 3.26. The molecular weight excluding hydrogens is 336 g/mol. The molecule has 4 N–H and O–H groups in total. The molecule has 0 atom stereocenters. The number of methoxy groups -OCH3 is 1. The fourth-order valence-corrected chi connectivity index (χ4v) is 2.05. The first kappa shape index (κ1) is 18.9. The first-order valence-corrected chi connectivity index (χ1v) is 7.82. The largest absolute Gasteiger partial charge is 0.497 e. The molecule has 0 aliphatic rings. The van der Waals surface area contributed by atoms with Gasteiger partial charge in [-0.2, -0.15) is 0 Å². The smallest absolute Gasteiger partial charge is 0.330 e. The summed E-state index contributed by atoms with van der Waals surface area (Å²) in [7, 11) is 1.58. The lowest BCUT2D eigenvalue weighted by atomic mass is 10.2. The van der Waals surface area contributed by atoms with Crippen molar-refractivity contribution < 1.29 is 23.8 Å². The summed E-state index contributed by atoms with van der Waals surface area (Å²) in [4.78, 5) is 23.4. The van der Waals surface area contributed by atoms with Crippen LogP contribution in [-0.2, 0) is 14.3 Å². The molecule has 0 amide bonds. The molecule has 7 nitrogen and oxygen atoms in total. The Hall–Kier alpha value is -3.48. The Morgan fingerprint density at radius 2 is 1.65 bits per heavy atom. The summed E-state index contributed by atoms with van der Waals surface area (Å²) in [5.74, 6) is -0.132. The molecule has 26 heavy (non-hydrogen) atoms. The Morgan fingerprint density at radius 1 is 1.00 bits per heavy atom. The van der Waals surface area contributed by atoms with E-state index in [1.807, 2.05) is 0 Å². The Bertz CT molecular complexity index is 780. The van der Waals surface area contributed by atoms with Crippen LogP contribution in [0.15, 0.2) is 48.5 Å². The van der Waals surface area contributed by atoms with Gasteiger partial charge in [-0.05, 0) is 29.8 Å². The third-order valence-corrected chi connectivity index (χ3v) is 3.26. The van der Waals surface area contributed by atoms with E-state index in [0.29, 0.717) is 11.4 Å². The van der Waals surface area contributed by atoms with Gasteiger partial charge >= 0.3 is 11.9 Å². The molecule has 0 aliphatic carbocycles. The summed E-state index contributed by atoms with van der Waals surface area (Å²) < 4.78 is 15.1. The van der Waals surface area contributed by atoms with Gasteiger partial charge in [0, 0.05) is 29.6 Å². The first-order valence-electron chi connectivity index (χ1n) is 7.82. The van der Waals surface area contributed by atoms with Crippen LogP contribution in [0.5, 0.6) is 11.5 Å². The Morgan fingerprint density at radius 3 is 2.27 bits per heavy atom. The van der Waals surface area contributed by atoms with Crippen molar-refractivity contribution in [2.24, 2.45) is 0 Å². The molecule has 0 bridgehead atoms. The lowest BCUT2D eigenvalue weighted by molar-refractivity contribution is -0.141. The van der Waals surface area contributed by atoms with Crippen molar-refractivity contribution in [2.45, 2.75) is 6.42 Å². The van der Waals surface area contributed by atoms with Crippen LogP contribution in [0.2, 0.25) is 0 Å². The maximum Gasteiger partial charge on any atom is 0.330 e. The Balaban J connectivity index is 1.74. The van der Waals surface area contributed by atoms with Crippen LogP contribution in [0.3, 0.4) is 0 Å². The molecule has 0 saturated carbocycles. The molecule has 0 fully saturated rings. The number of carbonyl (C=O) groups is 2. The van der Waals surface area contributed by atoms with Crippen molar-refractivity contribution in [3.63, 3.8) is 0 Å². The van der Waals surface area contributed by atoms with E-state index in [0.717, 1.165) is 11.3 Å². The number of esters is 2. The summed E-state index contributed by atoms with van der Waals surface area (Å²) in [6.45, 7) is -0.0948. The zero-order valence-corrected chi connectivity index (χ0v) is 14.3. The fourth-order valence-electron chi connectivity index (χ4n) is 2.05. The molecule has 7 heteroatoms. The minimum atomic E-state index is -0.554. The maximum atomic E-state index is 11.7. The van der Waals surface area contributed by atoms with Crippen molar-refractivity contribution in [2.75, 3.05) is 25.2 Å². The highest BCUT2D eigenvalue weighted by atomic mass is 16.5. The quantitative estimate of drug-likeness (QED) is 0.339. The second-order valence-electron chi connectivity index (χ2n) is 5.33. The van der Waals surface area contributed by atoms with E-state index in [-0.39, 0.29) is 18.8 Å². The SMILES string of the molecule is COc1ccc(/C=C/C(=O)OCCC(=O)Oc2cc(N)cc(N)c2)cc1. The fraction of sp³-hybridized carbons (Fsp3) is 0.158. The number of hydrogen-bond acceptors (Lipinski definition) is 7. The molecule has 0 aliphatic heterocycles. The number of rotatable bonds is 7. The van der Waals surface area contributed by atoms with Crippen LogP contribution >= 0.6 is 0 Å². The van der Waals surface area contributed by atoms with Crippen LogP contribution in [0, 0.1) is 0 Å². The Labute approximate surface area is 151 Å². The van der Waals surface area contributed by atoms with E-state index in [4.69, 9.17) is 25.7 Å². The minimum Gasteiger partial charge on any atom is -0.497 e. The highest BCUT2D eigenvalue weighted by Gasteiger charge is 2.08. The van der Waals surface area contributed by atoms with E-state index < -0.39 is 11.9 Å². The van der Waals surface area contributed by atoms with Gasteiger partial charge < -0.3 is 25.7 Å². The molecule has 2 aromatic carbocycles. The van der Waals surface area contributed by atoms with Gasteiger partial charge in [-0.25, -0.2) is 4.79 Å². The van der Waals surface area contributed by atoms with E-state index in [1.54, 1.807) is 43.5 Å². The average Bonchev–Trinajstić information content (AvgIpc) is 2.59. The summed E-state index contributed by atoms with van der Waals surface area (Å²) in [5, 5.41) is 0. The molecular formula is C19H20N2O5. The van der Waals surface area contributed by atoms with Crippen LogP contribution in [0.1, 0.15) is 12.0 Å². The number of hydrogen-bond donors (Lipinski definition) is 2. The predicted octanol–water partition coefficient (Wildman–Crippen LogP) is 2.41. The van der Waals surface area contributed by atoms with Gasteiger partial charge in [-0.3, -0.25) is 4.79 Å². The van der Waals surface area contributed by atoms with Crippen molar-refractivity contribution in [3.05, 3.63) is 54.1 Å². The minimum absolute atomic E-state index is 0.0865. The van der Waals surface area contributed by atoms with E-state index >= 15 is 0 Å². The predicted molar refractivity (Wildman–Crippen MR) is 98.5 cm³/mol. The van der Waals surface area contributed by atoms with Gasteiger partial charge in [-0.15, -0.1) is 0 Å². The van der Waals surface area contributed by atoms with Crippen molar-refractivity contribution >= 4 is 29.4 Å². The van der Waals surface area contributed by atoms with E-state index in [9.17, 15) is 9.59 Å². The number of nitrogens with two attached hydrogens (primary N) is 2. The van der Waals surface area contributed by atoms with Gasteiger partial charge in [-0.1, -0.05) is 12.1 Å². The monoisotopic (exact) mass is 356 g/mol. The van der Waals surface area contributed by atoms with E-state index in [2.05, 4.69) is 0 Å². The van der Waals surface area contributed by atoms with Crippen LogP contribution in [0.25, 0.3) is 6.08 Å². The summed E-state index contributed by atoms with van der Waals surface area (Å²) >= 11 is 0. The highest BCUT2D eigenvalue weighted by Crippen LogP contribution is 2.20. The van der Waals surface area contributed by atoms with Crippen molar-refractivity contribution in [1.29, 1.82) is 0 Å². The number of ether oxygens (including phenoxy) is 3. The molecule has 2 rings (SSSR count). The van der Waals surface area contributed by atoms with Gasteiger partial charge in [0.2, 0.25) is 0 Å². The lowest BCUT2D eigenvalue weighted by Crippen LogP contribution is -2.13. The maximum absolute atomic E-state index is 11.7. The molecule has 0 saturated heterocycles. The first-order chi connectivity index (χ1) is 12.5. The van der Waals surface area contributed by atoms with Crippen LogP contribution in [-0.4, -0.2) is 25.7 Å². The molecule has 0 radical (unpaired) electrons.